The van der Waals surface area contributed by atoms with Crippen LogP contribution in [-0.4, -0.2) is 30.3 Å². The van der Waals surface area contributed by atoms with Crippen LogP contribution in [0.15, 0.2) is 24.3 Å². The van der Waals surface area contributed by atoms with Gasteiger partial charge in [-0.15, -0.1) is 0 Å². The van der Waals surface area contributed by atoms with Crippen LogP contribution in [0.5, 0.6) is 0 Å². The fraction of sp³-hybridized carbons (Fsp3) is 0.300. The quantitative estimate of drug-likeness (QED) is 0.705. The second kappa shape index (κ2) is 3.67. The van der Waals surface area contributed by atoms with Crippen LogP contribution in [-0.2, 0) is 4.74 Å². The predicted octanol–water partition coefficient (Wildman–Crippen LogP) is 1.20. The molecule has 1 atom stereocenters. The van der Waals surface area contributed by atoms with Crippen molar-refractivity contribution >= 4 is 11.7 Å². The summed E-state index contributed by atoms with van der Waals surface area (Å²) < 4.78 is 5.04. The Morgan fingerprint density at radius 2 is 2.14 bits per heavy atom. The second-order valence-corrected chi connectivity index (χ2v) is 3.22. The van der Waals surface area contributed by atoms with Crippen LogP contribution < -0.4 is 5.32 Å². The lowest BCUT2D eigenvalue weighted by molar-refractivity contribution is 0.0697. The number of nitrogens with one attached hydrogen (secondary N) is 1. The average molecular weight is 193 g/mol. The summed E-state index contributed by atoms with van der Waals surface area (Å²) in [5.41, 5.74) is 1.23. The molecule has 0 aromatic heterocycles. The molecule has 0 spiro atoms. The highest BCUT2D eigenvalue weighted by Gasteiger charge is 2.21. The zero-order valence-corrected chi connectivity index (χ0v) is 7.56. The SMILES string of the molecule is O=C(O)c1ccc(NCC2CO2)cc1. The summed E-state index contributed by atoms with van der Waals surface area (Å²) >= 11 is 0. The lowest BCUT2D eigenvalue weighted by Crippen LogP contribution is -2.07. The second-order valence-electron chi connectivity index (χ2n) is 3.22. The topological polar surface area (TPSA) is 61.9 Å². The minimum absolute atomic E-state index is 0.304. The summed E-state index contributed by atoms with van der Waals surface area (Å²) in [7, 11) is 0. The molecule has 2 rings (SSSR count). The molecule has 1 saturated heterocycles. The molecular formula is C10H11NO3. The molecule has 1 fully saturated rings. The normalized spacial score (nSPS) is 19.0. The first-order valence-electron chi connectivity index (χ1n) is 4.44. The van der Waals surface area contributed by atoms with Crippen molar-refractivity contribution in [2.45, 2.75) is 6.10 Å². The molecule has 0 aliphatic carbocycles. The molecule has 0 saturated carbocycles. The van der Waals surface area contributed by atoms with Gasteiger partial charge in [-0.1, -0.05) is 0 Å². The van der Waals surface area contributed by atoms with Gasteiger partial charge in [0.05, 0.1) is 18.3 Å². The van der Waals surface area contributed by atoms with Gasteiger partial charge in [0.15, 0.2) is 0 Å². The summed E-state index contributed by atoms with van der Waals surface area (Å²) in [6, 6.07) is 6.68. The lowest BCUT2D eigenvalue weighted by Gasteiger charge is -2.03. The third-order valence-corrected chi connectivity index (χ3v) is 2.07. The van der Waals surface area contributed by atoms with E-state index < -0.39 is 5.97 Å². The highest BCUT2D eigenvalue weighted by atomic mass is 16.6. The molecule has 4 nitrogen and oxygen atoms in total. The molecule has 0 amide bonds. The molecular weight excluding hydrogens is 182 g/mol. The minimum Gasteiger partial charge on any atom is -0.478 e. The standard InChI is InChI=1S/C10H11NO3/c12-10(13)7-1-3-8(4-2-7)11-5-9-6-14-9/h1-4,9,11H,5-6H2,(H,12,13). The smallest absolute Gasteiger partial charge is 0.335 e. The van der Waals surface area contributed by atoms with Gasteiger partial charge in [-0.25, -0.2) is 4.79 Å². The molecule has 2 N–H and O–H groups in total. The zero-order chi connectivity index (χ0) is 9.97. The van der Waals surface area contributed by atoms with Gasteiger partial charge in [0.25, 0.3) is 0 Å². The average Bonchev–Trinajstić information content (AvgIpc) is 2.99. The highest BCUT2D eigenvalue weighted by Crippen LogP contribution is 2.13. The van der Waals surface area contributed by atoms with E-state index in [1.54, 1.807) is 24.3 Å². The van der Waals surface area contributed by atoms with Crippen LogP contribution in [0, 0.1) is 0 Å². The van der Waals surface area contributed by atoms with Gasteiger partial charge in [-0.2, -0.15) is 0 Å². The molecule has 74 valence electrons. The fourth-order valence-electron chi connectivity index (χ4n) is 1.15. The number of epoxide rings is 1. The molecule has 0 radical (unpaired) electrons. The number of aromatic carboxylic acids is 1. The summed E-state index contributed by atoms with van der Waals surface area (Å²) in [6.45, 7) is 1.60. The van der Waals surface area contributed by atoms with Crippen molar-refractivity contribution in [3.05, 3.63) is 29.8 Å². The van der Waals surface area contributed by atoms with Gasteiger partial charge in [-0.3, -0.25) is 0 Å². The number of ether oxygens (including phenoxy) is 1. The van der Waals surface area contributed by atoms with E-state index in [0.29, 0.717) is 11.7 Å². The maximum absolute atomic E-state index is 10.5. The molecule has 1 unspecified atom stereocenters. The summed E-state index contributed by atoms with van der Waals surface area (Å²) in [5.74, 6) is -0.901. The molecule has 1 aromatic rings. The highest BCUT2D eigenvalue weighted by molar-refractivity contribution is 5.87. The largest absolute Gasteiger partial charge is 0.478 e. The third-order valence-electron chi connectivity index (χ3n) is 2.07. The van der Waals surface area contributed by atoms with Crippen molar-refractivity contribution < 1.29 is 14.6 Å². The van der Waals surface area contributed by atoms with E-state index in [-0.39, 0.29) is 0 Å². The van der Waals surface area contributed by atoms with Crippen molar-refractivity contribution in [1.29, 1.82) is 0 Å². The van der Waals surface area contributed by atoms with Crippen LogP contribution in [0.25, 0.3) is 0 Å². The Balaban J connectivity index is 1.94. The van der Waals surface area contributed by atoms with E-state index >= 15 is 0 Å². The number of hydrogen-bond donors (Lipinski definition) is 2. The first-order chi connectivity index (χ1) is 6.75. The molecule has 1 aromatic carbocycles. The summed E-state index contributed by atoms with van der Waals surface area (Å²) in [5, 5.41) is 11.8. The third kappa shape index (κ3) is 2.23. The Morgan fingerprint density at radius 1 is 1.50 bits per heavy atom. The number of carboxylic acids is 1. The lowest BCUT2D eigenvalue weighted by atomic mass is 10.2. The number of carboxylic acid groups (broad SMARTS) is 1. The van der Waals surface area contributed by atoms with E-state index in [9.17, 15) is 4.79 Å². The molecule has 1 aliphatic heterocycles. The Hall–Kier alpha value is -1.55. The monoisotopic (exact) mass is 193 g/mol. The van der Waals surface area contributed by atoms with Crippen molar-refractivity contribution in [2.75, 3.05) is 18.5 Å². The van der Waals surface area contributed by atoms with Crippen LogP contribution in [0.2, 0.25) is 0 Å². The van der Waals surface area contributed by atoms with E-state index in [0.717, 1.165) is 18.8 Å². The fourth-order valence-corrected chi connectivity index (χ4v) is 1.15. The first-order valence-corrected chi connectivity index (χ1v) is 4.44. The van der Waals surface area contributed by atoms with Crippen LogP contribution >= 0.6 is 0 Å². The van der Waals surface area contributed by atoms with Gasteiger partial charge >= 0.3 is 5.97 Å². The van der Waals surface area contributed by atoms with Gasteiger partial charge in [0.1, 0.15) is 0 Å². The Kier molecular flexibility index (Phi) is 2.37. The maximum Gasteiger partial charge on any atom is 0.335 e. The van der Waals surface area contributed by atoms with Crippen molar-refractivity contribution in [1.82, 2.24) is 0 Å². The summed E-state index contributed by atoms with van der Waals surface area (Å²) in [6.07, 6.45) is 0.328. The number of carbonyl (C=O) groups is 1. The van der Waals surface area contributed by atoms with Gasteiger partial charge in [0, 0.05) is 12.2 Å². The number of benzene rings is 1. The number of hydrogen-bond acceptors (Lipinski definition) is 3. The van der Waals surface area contributed by atoms with Crippen LogP contribution in [0.3, 0.4) is 0 Å². The zero-order valence-electron chi connectivity index (χ0n) is 7.56. The van der Waals surface area contributed by atoms with Crippen LogP contribution in [0.1, 0.15) is 10.4 Å². The van der Waals surface area contributed by atoms with E-state index in [1.807, 2.05) is 0 Å². The molecule has 4 heteroatoms. The van der Waals surface area contributed by atoms with E-state index in [2.05, 4.69) is 5.32 Å². The minimum atomic E-state index is -0.901. The van der Waals surface area contributed by atoms with E-state index in [4.69, 9.17) is 9.84 Å². The van der Waals surface area contributed by atoms with Gasteiger partial charge in [-0.05, 0) is 24.3 Å². The summed E-state index contributed by atoms with van der Waals surface area (Å²) in [4.78, 5) is 10.5. The Labute approximate surface area is 81.5 Å². The van der Waals surface area contributed by atoms with Crippen molar-refractivity contribution in [3.8, 4) is 0 Å². The maximum atomic E-state index is 10.5. The van der Waals surface area contributed by atoms with Crippen LogP contribution in [0.4, 0.5) is 5.69 Å². The predicted molar refractivity (Wildman–Crippen MR) is 51.6 cm³/mol. The Bertz CT molecular complexity index is 330. The molecule has 1 heterocycles. The first kappa shape index (κ1) is 9.02. The van der Waals surface area contributed by atoms with Gasteiger partial charge in [0.2, 0.25) is 0 Å². The Morgan fingerprint density at radius 3 is 2.64 bits per heavy atom. The molecule has 1 aliphatic rings. The van der Waals surface area contributed by atoms with Crippen molar-refractivity contribution in [2.24, 2.45) is 0 Å². The molecule has 14 heavy (non-hydrogen) atoms. The number of rotatable bonds is 4. The van der Waals surface area contributed by atoms with E-state index in [1.165, 1.54) is 0 Å². The number of anilines is 1. The van der Waals surface area contributed by atoms with Gasteiger partial charge < -0.3 is 15.2 Å². The van der Waals surface area contributed by atoms with Crippen molar-refractivity contribution in [3.63, 3.8) is 0 Å². The molecule has 0 bridgehead atoms.